The lowest BCUT2D eigenvalue weighted by Crippen LogP contribution is -2.22. The topological polar surface area (TPSA) is 60.6 Å². The van der Waals surface area contributed by atoms with Crippen LogP contribution in [0.1, 0.15) is 36.6 Å². The summed E-state index contributed by atoms with van der Waals surface area (Å²) < 4.78 is 0. The number of anilines is 1. The van der Waals surface area contributed by atoms with Gasteiger partial charge >= 0.3 is 0 Å². The van der Waals surface area contributed by atoms with Crippen LogP contribution in [0.4, 0.5) is 5.69 Å². The van der Waals surface area contributed by atoms with E-state index in [9.17, 15) is 0 Å². The summed E-state index contributed by atoms with van der Waals surface area (Å²) in [5, 5.41) is 0. The Bertz CT molecular complexity index is 2270. The van der Waals surface area contributed by atoms with Crippen LogP contribution in [0.25, 0.3) is 79.8 Å². The highest BCUT2D eigenvalue weighted by molar-refractivity contribution is 5.99. The first-order valence-electron chi connectivity index (χ1n) is 16.3. The lowest BCUT2D eigenvalue weighted by molar-refractivity contribution is 0.865. The van der Waals surface area contributed by atoms with E-state index in [2.05, 4.69) is 168 Å². The maximum absolute atomic E-state index is 5.35. The Morgan fingerprint density at radius 3 is 1.17 bits per heavy atom. The molecule has 3 aromatic heterocycles. The smallest absolute Gasteiger partial charge is 0.0892 e. The molecule has 0 radical (unpaired) electrons. The molecule has 228 valence electrons. The molecule has 2 aliphatic heterocycles. The molecular weight excluding hydrogens is 574 g/mol. The highest BCUT2D eigenvalue weighted by Crippen LogP contribution is 2.37. The summed E-state index contributed by atoms with van der Waals surface area (Å²) in [6.45, 7) is 6.11. The van der Waals surface area contributed by atoms with Crippen molar-refractivity contribution in [2.24, 2.45) is 0 Å². The van der Waals surface area contributed by atoms with Gasteiger partial charge in [-0.15, -0.1) is 0 Å². The molecule has 8 rings (SSSR count). The standard InChI is InChI=1S/C42H35N5/c1-3-47(4-2)42-37-26-24-35(45-37)40(29-16-10-6-11-17-29)33-22-20-31(43-33)39(28-14-8-5-9-15-28)32-21-23-34(44-32)41(30-18-12-7-13-19-30)36-25-27-38(42)46-36/h5-27,43,46H,3-4H2,1-2H3. The van der Waals surface area contributed by atoms with Crippen molar-refractivity contribution in [3.05, 3.63) is 138 Å². The first-order chi connectivity index (χ1) is 23.2. The zero-order valence-corrected chi connectivity index (χ0v) is 26.5. The zero-order valence-electron chi connectivity index (χ0n) is 26.5. The van der Waals surface area contributed by atoms with Gasteiger partial charge in [-0.25, -0.2) is 9.97 Å². The number of nitrogens with zero attached hydrogens (tertiary/aromatic N) is 3. The van der Waals surface area contributed by atoms with Crippen LogP contribution in [0.5, 0.6) is 0 Å². The van der Waals surface area contributed by atoms with Crippen LogP contribution >= 0.6 is 0 Å². The summed E-state index contributed by atoms with van der Waals surface area (Å²) in [6, 6.07) is 40.3. The van der Waals surface area contributed by atoms with Crippen molar-refractivity contribution < 1.29 is 0 Å². The Labute approximate surface area is 274 Å². The van der Waals surface area contributed by atoms with E-state index >= 15 is 0 Å². The normalized spacial score (nSPS) is 12.0. The summed E-state index contributed by atoms with van der Waals surface area (Å²) in [6.07, 6.45) is 8.59. The molecule has 5 heteroatoms. The summed E-state index contributed by atoms with van der Waals surface area (Å²) >= 11 is 0. The first kappa shape index (κ1) is 28.5. The fourth-order valence-electron chi connectivity index (χ4n) is 6.79. The number of nitrogens with one attached hydrogen (secondary N) is 2. The number of rotatable bonds is 6. The van der Waals surface area contributed by atoms with E-state index in [4.69, 9.17) is 9.97 Å². The third-order valence-corrected chi connectivity index (χ3v) is 8.99. The number of fused-ring (bicyclic) bond motifs is 8. The second-order valence-electron chi connectivity index (χ2n) is 11.7. The molecule has 0 unspecified atom stereocenters. The van der Waals surface area contributed by atoms with Gasteiger partial charge in [0.25, 0.3) is 0 Å². The van der Waals surface area contributed by atoms with Gasteiger partial charge in [0.05, 0.1) is 34.0 Å². The number of benzene rings is 3. The van der Waals surface area contributed by atoms with Crippen LogP contribution in [0.15, 0.2) is 115 Å². The molecule has 0 saturated heterocycles. The Morgan fingerprint density at radius 1 is 0.426 bits per heavy atom. The van der Waals surface area contributed by atoms with E-state index in [0.29, 0.717) is 0 Å². The van der Waals surface area contributed by atoms with Crippen LogP contribution in [0, 0.1) is 0 Å². The number of H-pyrrole nitrogens is 2. The molecule has 0 saturated carbocycles. The Kier molecular flexibility index (Phi) is 7.35. The molecule has 2 N–H and O–H groups in total. The monoisotopic (exact) mass is 609 g/mol. The number of aromatic nitrogens is 4. The first-order valence-corrected chi connectivity index (χ1v) is 16.3. The van der Waals surface area contributed by atoms with Gasteiger partial charge in [-0.05, 0) is 79.1 Å². The van der Waals surface area contributed by atoms with Crippen LogP contribution in [-0.4, -0.2) is 33.0 Å². The van der Waals surface area contributed by atoms with Crippen LogP contribution in [0.2, 0.25) is 0 Å². The number of aromatic amines is 2. The molecule has 5 heterocycles. The maximum atomic E-state index is 5.35. The van der Waals surface area contributed by atoms with Crippen molar-refractivity contribution in [2.45, 2.75) is 13.8 Å². The fraction of sp³-hybridized carbons (Fsp3) is 0.0952. The average Bonchev–Trinajstić information content (AvgIpc) is 3.95. The molecule has 3 aromatic carbocycles. The molecule has 8 bridgehead atoms. The molecule has 0 atom stereocenters. The van der Waals surface area contributed by atoms with Crippen molar-refractivity contribution >= 4 is 52.1 Å². The summed E-state index contributed by atoms with van der Waals surface area (Å²) in [5.41, 5.74) is 15.3. The number of hydrogen-bond acceptors (Lipinski definition) is 3. The van der Waals surface area contributed by atoms with Gasteiger partial charge in [-0.2, -0.15) is 0 Å². The molecule has 6 aromatic rings. The average molecular weight is 610 g/mol. The minimum absolute atomic E-state index is 0.860. The van der Waals surface area contributed by atoms with Gasteiger partial charge < -0.3 is 14.9 Å². The van der Waals surface area contributed by atoms with Crippen molar-refractivity contribution in [2.75, 3.05) is 18.0 Å². The fourth-order valence-corrected chi connectivity index (χ4v) is 6.79. The Morgan fingerprint density at radius 2 is 0.766 bits per heavy atom. The third-order valence-electron chi connectivity index (χ3n) is 8.99. The highest BCUT2D eigenvalue weighted by atomic mass is 15.1. The minimum Gasteiger partial charge on any atom is -0.369 e. The van der Waals surface area contributed by atoms with E-state index in [-0.39, 0.29) is 0 Å². The van der Waals surface area contributed by atoms with Crippen molar-refractivity contribution in [3.8, 4) is 33.4 Å². The van der Waals surface area contributed by atoms with Gasteiger partial charge in [0, 0.05) is 46.3 Å². The van der Waals surface area contributed by atoms with E-state index < -0.39 is 0 Å². The quantitative estimate of drug-likeness (QED) is 0.197. The predicted molar refractivity (Wildman–Crippen MR) is 199 cm³/mol. The molecule has 5 nitrogen and oxygen atoms in total. The zero-order chi connectivity index (χ0) is 31.7. The second-order valence-corrected chi connectivity index (χ2v) is 11.7. The maximum Gasteiger partial charge on any atom is 0.0892 e. The van der Waals surface area contributed by atoms with E-state index in [1.807, 2.05) is 0 Å². The molecule has 0 amide bonds. The van der Waals surface area contributed by atoms with E-state index in [1.54, 1.807) is 0 Å². The third kappa shape index (κ3) is 5.16. The predicted octanol–water partition coefficient (Wildman–Crippen LogP) is 10.5. The van der Waals surface area contributed by atoms with Crippen LogP contribution < -0.4 is 4.90 Å². The van der Waals surface area contributed by atoms with Crippen molar-refractivity contribution in [1.29, 1.82) is 0 Å². The van der Waals surface area contributed by atoms with Gasteiger partial charge in [-0.1, -0.05) is 91.0 Å². The van der Waals surface area contributed by atoms with E-state index in [0.717, 1.165) is 97.0 Å². The second kappa shape index (κ2) is 12.1. The Hall–Kier alpha value is -5.94. The van der Waals surface area contributed by atoms with Gasteiger partial charge in [-0.3, -0.25) is 0 Å². The van der Waals surface area contributed by atoms with Crippen LogP contribution in [0.3, 0.4) is 0 Å². The summed E-state index contributed by atoms with van der Waals surface area (Å²) in [4.78, 5) is 20.7. The lowest BCUT2D eigenvalue weighted by atomic mass is 10.0. The Balaban J connectivity index is 1.58. The van der Waals surface area contributed by atoms with Crippen LogP contribution in [-0.2, 0) is 0 Å². The SMILES string of the molecule is CCN(CC)c1c2nc(c(-c3ccccc3)c3ccc([nH]3)c(-c3ccccc3)c3nc(c(-c4ccccc4)c4ccc1[nH]4)C=C3)C=C2. The lowest BCUT2D eigenvalue weighted by Gasteiger charge is -2.22. The molecule has 47 heavy (non-hydrogen) atoms. The molecule has 0 aliphatic carbocycles. The van der Waals surface area contributed by atoms with Gasteiger partial charge in [0.1, 0.15) is 0 Å². The molecule has 2 aliphatic rings. The molecule has 0 spiro atoms. The molecular formula is C42H35N5. The number of hydrogen-bond donors (Lipinski definition) is 2. The van der Waals surface area contributed by atoms with Crippen molar-refractivity contribution in [1.82, 2.24) is 19.9 Å². The largest absolute Gasteiger partial charge is 0.369 e. The van der Waals surface area contributed by atoms with Gasteiger partial charge in [0.15, 0.2) is 0 Å². The molecule has 0 fully saturated rings. The summed E-state index contributed by atoms with van der Waals surface area (Å²) in [7, 11) is 0. The summed E-state index contributed by atoms with van der Waals surface area (Å²) in [5.74, 6) is 0. The van der Waals surface area contributed by atoms with Crippen molar-refractivity contribution in [3.63, 3.8) is 0 Å². The van der Waals surface area contributed by atoms with Gasteiger partial charge in [0.2, 0.25) is 0 Å². The minimum atomic E-state index is 0.860. The highest BCUT2D eigenvalue weighted by Gasteiger charge is 2.19. The van der Waals surface area contributed by atoms with E-state index in [1.165, 1.54) is 0 Å².